The number of amides is 1. The molecule has 0 bridgehead atoms. The number of rotatable bonds is 2. The minimum atomic E-state index is -0.447. The SMILES string of the molecule is Cc1cc(O)ccc1NC(=O)C1CNCCO1. The average molecular weight is 236 g/mol. The van der Waals surface area contributed by atoms with Crippen LogP contribution in [0, 0.1) is 6.92 Å². The molecule has 17 heavy (non-hydrogen) atoms. The molecule has 1 fully saturated rings. The van der Waals surface area contributed by atoms with Gasteiger partial charge in [0.15, 0.2) is 0 Å². The fraction of sp³-hybridized carbons (Fsp3) is 0.417. The Kier molecular flexibility index (Phi) is 3.61. The molecule has 1 aliphatic heterocycles. The van der Waals surface area contributed by atoms with E-state index in [1.807, 2.05) is 6.92 Å². The summed E-state index contributed by atoms with van der Waals surface area (Å²) in [6.07, 6.45) is -0.447. The predicted octanol–water partition coefficient (Wildman–Crippen LogP) is 0.628. The number of aromatic hydroxyl groups is 1. The Morgan fingerprint density at radius 2 is 2.41 bits per heavy atom. The van der Waals surface area contributed by atoms with Crippen molar-refractivity contribution in [2.75, 3.05) is 25.0 Å². The maximum Gasteiger partial charge on any atom is 0.254 e. The maximum atomic E-state index is 11.9. The third kappa shape index (κ3) is 2.95. The van der Waals surface area contributed by atoms with Gasteiger partial charge in [0.25, 0.3) is 5.91 Å². The Labute approximate surface area is 99.8 Å². The molecule has 1 aromatic carbocycles. The fourth-order valence-electron chi connectivity index (χ4n) is 1.74. The largest absolute Gasteiger partial charge is 0.508 e. The number of ether oxygens (including phenoxy) is 1. The van der Waals surface area contributed by atoms with Gasteiger partial charge in [-0.1, -0.05) is 0 Å². The van der Waals surface area contributed by atoms with Gasteiger partial charge in [0, 0.05) is 18.8 Å². The molecule has 1 unspecified atom stereocenters. The number of morpholine rings is 1. The highest BCUT2D eigenvalue weighted by Crippen LogP contribution is 2.20. The molecule has 1 saturated heterocycles. The summed E-state index contributed by atoms with van der Waals surface area (Å²) in [6, 6.07) is 4.83. The van der Waals surface area contributed by atoms with Gasteiger partial charge in [0.05, 0.1) is 6.61 Å². The Balaban J connectivity index is 2.02. The van der Waals surface area contributed by atoms with Crippen LogP contribution in [0.4, 0.5) is 5.69 Å². The normalized spacial score (nSPS) is 19.9. The van der Waals surface area contributed by atoms with Gasteiger partial charge >= 0.3 is 0 Å². The van der Waals surface area contributed by atoms with Crippen molar-refractivity contribution < 1.29 is 14.6 Å². The molecule has 1 amide bonds. The highest BCUT2D eigenvalue weighted by Gasteiger charge is 2.21. The van der Waals surface area contributed by atoms with Crippen LogP contribution in [0.15, 0.2) is 18.2 Å². The molecule has 1 heterocycles. The number of hydrogen-bond acceptors (Lipinski definition) is 4. The van der Waals surface area contributed by atoms with Crippen LogP contribution < -0.4 is 10.6 Å². The Bertz CT molecular complexity index is 414. The first-order valence-corrected chi connectivity index (χ1v) is 5.59. The summed E-state index contributed by atoms with van der Waals surface area (Å²) in [6.45, 7) is 3.69. The van der Waals surface area contributed by atoms with E-state index < -0.39 is 6.10 Å². The molecule has 5 nitrogen and oxygen atoms in total. The number of carbonyl (C=O) groups excluding carboxylic acids is 1. The number of hydrogen-bond donors (Lipinski definition) is 3. The number of anilines is 1. The van der Waals surface area contributed by atoms with Crippen molar-refractivity contribution in [1.29, 1.82) is 0 Å². The zero-order chi connectivity index (χ0) is 12.3. The zero-order valence-electron chi connectivity index (χ0n) is 9.69. The lowest BCUT2D eigenvalue weighted by atomic mass is 10.2. The van der Waals surface area contributed by atoms with Crippen LogP contribution in [0.1, 0.15) is 5.56 Å². The Morgan fingerprint density at radius 3 is 3.06 bits per heavy atom. The van der Waals surface area contributed by atoms with Gasteiger partial charge in [-0.15, -0.1) is 0 Å². The molecule has 1 aromatic rings. The third-order valence-electron chi connectivity index (χ3n) is 2.69. The van der Waals surface area contributed by atoms with Crippen molar-refractivity contribution in [1.82, 2.24) is 5.32 Å². The van der Waals surface area contributed by atoms with Crippen LogP contribution in [-0.4, -0.2) is 36.8 Å². The Hall–Kier alpha value is -1.59. The second-order valence-corrected chi connectivity index (χ2v) is 4.05. The van der Waals surface area contributed by atoms with Gasteiger partial charge in [-0.25, -0.2) is 0 Å². The number of phenols is 1. The molecule has 2 rings (SSSR count). The maximum absolute atomic E-state index is 11.9. The molecule has 0 aromatic heterocycles. The minimum absolute atomic E-state index is 0.161. The number of carbonyl (C=O) groups is 1. The molecule has 0 spiro atoms. The lowest BCUT2D eigenvalue weighted by Crippen LogP contribution is -2.45. The molecule has 92 valence electrons. The Morgan fingerprint density at radius 1 is 1.59 bits per heavy atom. The van der Waals surface area contributed by atoms with Crippen molar-refractivity contribution in [2.24, 2.45) is 0 Å². The van der Waals surface area contributed by atoms with E-state index in [2.05, 4.69) is 10.6 Å². The molecule has 5 heteroatoms. The first-order valence-electron chi connectivity index (χ1n) is 5.59. The minimum Gasteiger partial charge on any atom is -0.508 e. The first-order chi connectivity index (χ1) is 8.16. The molecule has 1 atom stereocenters. The highest BCUT2D eigenvalue weighted by atomic mass is 16.5. The average Bonchev–Trinajstić information content (AvgIpc) is 2.34. The summed E-state index contributed by atoms with van der Waals surface area (Å²) in [5.74, 6) is 0.0297. The zero-order valence-corrected chi connectivity index (χ0v) is 9.69. The summed E-state index contributed by atoms with van der Waals surface area (Å²) < 4.78 is 5.35. The van der Waals surface area contributed by atoms with Crippen molar-refractivity contribution in [3.05, 3.63) is 23.8 Å². The molecule has 1 aliphatic rings. The van der Waals surface area contributed by atoms with E-state index >= 15 is 0 Å². The van der Waals surface area contributed by atoms with Crippen LogP contribution >= 0.6 is 0 Å². The summed E-state index contributed by atoms with van der Waals surface area (Å²) >= 11 is 0. The predicted molar refractivity (Wildman–Crippen MR) is 64.1 cm³/mol. The lowest BCUT2D eigenvalue weighted by molar-refractivity contribution is -0.128. The topological polar surface area (TPSA) is 70.6 Å². The first kappa shape index (κ1) is 11.9. The number of aryl methyl sites for hydroxylation is 1. The van der Waals surface area contributed by atoms with Gasteiger partial charge < -0.3 is 20.5 Å². The van der Waals surface area contributed by atoms with Crippen molar-refractivity contribution in [3.63, 3.8) is 0 Å². The standard InChI is InChI=1S/C12H16N2O3/c1-8-6-9(15)2-3-10(8)14-12(16)11-7-13-4-5-17-11/h2-3,6,11,13,15H,4-5,7H2,1H3,(H,14,16). The van der Waals surface area contributed by atoms with Gasteiger partial charge in [-0.2, -0.15) is 0 Å². The lowest BCUT2D eigenvalue weighted by Gasteiger charge is -2.23. The summed E-state index contributed by atoms with van der Waals surface area (Å²) in [5.41, 5.74) is 1.52. The van der Waals surface area contributed by atoms with E-state index in [0.29, 0.717) is 18.8 Å². The fourth-order valence-corrected chi connectivity index (χ4v) is 1.74. The van der Waals surface area contributed by atoms with E-state index in [1.54, 1.807) is 18.2 Å². The van der Waals surface area contributed by atoms with Crippen LogP contribution in [-0.2, 0) is 9.53 Å². The van der Waals surface area contributed by atoms with E-state index in [1.165, 1.54) is 0 Å². The third-order valence-corrected chi connectivity index (χ3v) is 2.69. The summed E-state index contributed by atoms with van der Waals surface area (Å²) in [5, 5.41) is 15.2. The van der Waals surface area contributed by atoms with Gasteiger partial charge in [-0.3, -0.25) is 4.79 Å². The van der Waals surface area contributed by atoms with E-state index in [4.69, 9.17) is 4.74 Å². The van der Waals surface area contributed by atoms with Gasteiger partial charge in [0.2, 0.25) is 0 Å². The molecular weight excluding hydrogens is 220 g/mol. The monoisotopic (exact) mass is 236 g/mol. The quantitative estimate of drug-likeness (QED) is 0.659. The second kappa shape index (κ2) is 5.16. The van der Waals surface area contributed by atoms with Crippen LogP contribution in [0.3, 0.4) is 0 Å². The van der Waals surface area contributed by atoms with Crippen LogP contribution in [0.5, 0.6) is 5.75 Å². The molecule has 0 radical (unpaired) electrons. The summed E-state index contributed by atoms with van der Waals surface area (Å²) in [7, 11) is 0. The molecule has 0 saturated carbocycles. The molecular formula is C12H16N2O3. The van der Waals surface area contributed by atoms with Crippen LogP contribution in [0.25, 0.3) is 0 Å². The van der Waals surface area contributed by atoms with Gasteiger partial charge in [0.1, 0.15) is 11.9 Å². The van der Waals surface area contributed by atoms with Gasteiger partial charge in [-0.05, 0) is 30.7 Å². The summed E-state index contributed by atoms with van der Waals surface area (Å²) in [4.78, 5) is 11.9. The van der Waals surface area contributed by atoms with Crippen molar-refractivity contribution >= 4 is 11.6 Å². The number of phenolic OH excluding ortho intramolecular Hbond substituents is 1. The van der Waals surface area contributed by atoms with Crippen molar-refractivity contribution in [3.8, 4) is 5.75 Å². The smallest absolute Gasteiger partial charge is 0.254 e. The molecule has 3 N–H and O–H groups in total. The van der Waals surface area contributed by atoms with E-state index in [9.17, 15) is 9.90 Å². The van der Waals surface area contributed by atoms with E-state index in [0.717, 1.165) is 12.1 Å². The molecule has 0 aliphatic carbocycles. The number of benzene rings is 1. The van der Waals surface area contributed by atoms with E-state index in [-0.39, 0.29) is 11.7 Å². The number of nitrogens with one attached hydrogen (secondary N) is 2. The highest BCUT2D eigenvalue weighted by molar-refractivity contribution is 5.95. The van der Waals surface area contributed by atoms with Crippen LogP contribution in [0.2, 0.25) is 0 Å². The van der Waals surface area contributed by atoms with Crippen molar-refractivity contribution in [2.45, 2.75) is 13.0 Å². The second-order valence-electron chi connectivity index (χ2n) is 4.05.